The predicted molar refractivity (Wildman–Crippen MR) is 65.5 cm³/mol. The molecule has 1 radical (unpaired) electrons. The van der Waals surface area contributed by atoms with Crippen molar-refractivity contribution in [2.45, 2.75) is 26.4 Å². The molecule has 1 atom stereocenters. The molecule has 0 bridgehead atoms. The fourth-order valence-corrected chi connectivity index (χ4v) is 2.06. The molecule has 4 nitrogen and oxygen atoms in total. The molecular formula is C12H15N2O2S. The highest BCUT2D eigenvalue weighted by atomic mass is 32.1. The van der Waals surface area contributed by atoms with Crippen LogP contribution < -0.4 is 0 Å². The lowest BCUT2D eigenvalue weighted by Gasteiger charge is -2.22. The number of hydrogen-bond donors (Lipinski definition) is 1. The number of rotatable bonds is 4. The van der Waals surface area contributed by atoms with Crippen molar-refractivity contribution in [2.24, 2.45) is 5.41 Å². The van der Waals surface area contributed by atoms with Crippen molar-refractivity contribution in [1.29, 1.82) is 0 Å². The molecule has 0 amide bonds. The second-order valence-corrected chi connectivity index (χ2v) is 5.73. The molecule has 2 rings (SSSR count). The number of nitrogens with zero attached hydrogens (tertiary/aromatic N) is 2. The van der Waals surface area contributed by atoms with E-state index in [4.69, 9.17) is 4.52 Å². The summed E-state index contributed by atoms with van der Waals surface area (Å²) in [5.41, 5.74) is -0.538. The van der Waals surface area contributed by atoms with Gasteiger partial charge in [-0.05, 0) is 23.8 Å². The third-order valence-corrected chi connectivity index (χ3v) is 3.25. The van der Waals surface area contributed by atoms with Gasteiger partial charge >= 0.3 is 0 Å². The molecule has 1 N–H and O–H groups in total. The van der Waals surface area contributed by atoms with Gasteiger partial charge in [-0.3, -0.25) is 0 Å². The van der Waals surface area contributed by atoms with Gasteiger partial charge in [-0.15, -0.1) is 11.3 Å². The molecule has 0 spiro atoms. The normalized spacial score (nSPS) is 13.9. The van der Waals surface area contributed by atoms with Crippen LogP contribution in [0, 0.1) is 12.3 Å². The summed E-state index contributed by atoms with van der Waals surface area (Å²) in [7, 11) is 0. The number of thiophene rings is 1. The zero-order valence-electron chi connectivity index (χ0n) is 9.88. The number of aliphatic hydroxyl groups is 1. The summed E-state index contributed by atoms with van der Waals surface area (Å²) in [6.07, 6.45) is -0.210. The highest BCUT2D eigenvalue weighted by Gasteiger charge is 2.28. The maximum absolute atomic E-state index is 9.95. The van der Waals surface area contributed by atoms with Crippen LogP contribution in [-0.4, -0.2) is 15.2 Å². The van der Waals surface area contributed by atoms with Crippen LogP contribution in [0.1, 0.15) is 36.5 Å². The molecule has 0 aliphatic carbocycles. The lowest BCUT2D eigenvalue weighted by atomic mass is 9.89. The first kappa shape index (κ1) is 12.3. The van der Waals surface area contributed by atoms with Crippen LogP contribution in [0.2, 0.25) is 0 Å². The number of aromatic nitrogens is 2. The molecule has 0 saturated heterocycles. The summed E-state index contributed by atoms with van der Waals surface area (Å²) in [5, 5.41) is 15.7. The minimum Gasteiger partial charge on any atom is -0.384 e. The summed E-state index contributed by atoms with van der Waals surface area (Å²) in [5.74, 6) is 0.822. The number of hydrogen-bond acceptors (Lipinski definition) is 5. The molecule has 17 heavy (non-hydrogen) atoms. The Hall–Kier alpha value is -1.20. The first-order chi connectivity index (χ1) is 7.97. The minimum atomic E-state index is -0.816. The molecule has 2 aromatic heterocycles. The maximum atomic E-state index is 9.95. The van der Waals surface area contributed by atoms with E-state index >= 15 is 0 Å². The fourth-order valence-electron chi connectivity index (χ4n) is 1.36. The molecule has 5 heteroatoms. The Balaban J connectivity index is 2.11. The van der Waals surface area contributed by atoms with Gasteiger partial charge in [0.2, 0.25) is 11.7 Å². The lowest BCUT2D eigenvalue weighted by Crippen LogP contribution is -2.19. The fraction of sp³-hybridized carbons (Fsp3) is 0.417. The van der Waals surface area contributed by atoms with E-state index in [-0.39, 0.29) is 0 Å². The third kappa shape index (κ3) is 2.92. The highest BCUT2D eigenvalue weighted by molar-refractivity contribution is 7.09. The van der Waals surface area contributed by atoms with Gasteiger partial charge in [-0.2, -0.15) is 4.98 Å². The lowest BCUT2D eigenvalue weighted by molar-refractivity contribution is 0.0696. The van der Waals surface area contributed by atoms with Crippen LogP contribution in [0.5, 0.6) is 0 Å². The second-order valence-electron chi connectivity index (χ2n) is 4.69. The van der Waals surface area contributed by atoms with Crippen molar-refractivity contribution in [3.63, 3.8) is 0 Å². The van der Waals surface area contributed by atoms with E-state index in [0.29, 0.717) is 18.1 Å². The van der Waals surface area contributed by atoms with Crippen LogP contribution >= 0.6 is 11.3 Å². The van der Waals surface area contributed by atoms with Crippen LogP contribution in [0.15, 0.2) is 22.0 Å². The smallest absolute Gasteiger partial charge is 0.231 e. The molecule has 0 aliphatic rings. The van der Waals surface area contributed by atoms with E-state index in [1.807, 2.05) is 31.4 Å². The summed E-state index contributed by atoms with van der Waals surface area (Å²) in [4.78, 5) is 5.35. The Labute approximate surface area is 104 Å². The standard InChI is InChI=1S/C12H15N2O2S/c1-12(2,3)10(15)11-13-9(16-14-11)7-8-5-4-6-17-8/h4-6,10,15H,1,7H2,2-3H3/t10-/m0/s1. The third-order valence-electron chi connectivity index (χ3n) is 2.37. The first-order valence-corrected chi connectivity index (χ1v) is 6.23. The van der Waals surface area contributed by atoms with Gasteiger partial charge in [0.1, 0.15) is 6.10 Å². The molecule has 91 valence electrons. The molecule has 0 saturated carbocycles. The topological polar surface area (TPSA) is 59.2 Å². The quantitative estimate of drug-likeness (QED) is 0.907. The zero-order chi connectivity index (χ0) is 12.5. The molecule has 0 unspecified atom stereocenters. The molecule has 2 heterocycles. The van der Waals surface area contributed by atoms with Crippen molar-refractivity contribution in [2.75, 3.05) is 0 Å². The van der Waals surface area contributed by atoms with Crippen LogP contribution in [0.4, 0.5) is 0 Å². The van der Waals surface area contributed by atoms with E-state index in [9.17, 15) is 5.11 Å². The van der Waals surface area contributed by atoms with E-state index in [2.05, 4.69) is 17.1 Å². The van der Waals surface area contributed by atoms with E-state index in [1.54, 1.807) is 11.3 Å². The molecular weight excluding hydrogens is 236 g/mol. The Bertz CT molecular complexity index is 471. The number of aliphatic hydroxyl groups excluding tert-OH is 1. The van der Waals surface area contributed by atoms with Gasteiger partial charge in [0, 0.05) is 4.88 Å². The van der Waals surface area contributed by atoms with E-state index < -0.39 is 11.5 Å². The maximum Gasteiger partial charge on any atom is 0.231 e. The van der Waals surface area contributed by atoms with Crippen molar-refractivity contribution in [1.82, 2.24) is 10.1 Å². The summed E-state index contributed by atoms with van der Waals surface area (Å²) < 4.78 is 5.11. The van der Waals surface area contributed by atoms with Crippen molar-refractivity contribution in [3.05, 3.63) is 41.0 Å². The van der Waals surface area contributed by atoms with Gasteiger partial charge in [0.25, 0.3) is 0 Å². The summed E-state index contributed by atoms with van der Waals surface area (Å²) >= 11 is 1.64. The van der Waals surface area contributed by atoms with Gasteiger partial charge in [-0.1, -0.05) is 25.1 Å². The van der Waals surface area contributed by atoms with Gasteiger partial charge in [-0.25, -0.2) is 0 Å². The molecule has 2 aromatic rings. The average Bonchev–Trinajstić information content (AvgIpc) is 2.87. The molecule has 0 aliphatic heterocycles. The second kappa shape index (κ2) is 4.58. The monoisotopic (exact) mass is 251 g/mol. The first-order valence-electron chi connectivity index (χ1n) is 5.35. The van der Waals surface area contributed by atoms with Crippen molar-refractivity contribution in [3.8, 4) is 0 Å². The van der Waals surface area contributed by atoms with Gasteiger partial charge < -0.3 is 9.63 Å². The van der Waals surface area contributed by atoms with Crippen LogP contribution in [-0.2, 0) is 6.42 Å². The Morgan fingerprint density at radius 1 is 1.59 bits per heavy atom. The predicted octanol–water partition coefficient (Wildman–Crippen LogP) is 2.62. The Morgan fingerprint density at radius 3 is 2.94 bits per heavy atom. The van der Waals surface area contributed by atoms with Crippen LogP contribution in [0.25, 0.3) is 0 Å². The molecule has 0 fully saturated rings. The summed E-state index contributed by atoms with van der Waals surface area (Å²) in [6.45, 7) is 7.51. The van der Waals surface area contributed by atoms with Gasteiger partial charge in [0.15, 0.2) is 0 Å². The minimum absolute atomic E-state index is 0.302. The van der Waals surface area contributed by atoms with Crippen molar-refractivity contribution < 1.29 is 9.63 Å². The average molecular weight is 251 g/mol. The van der Waals surface area contributed by atoms with Crippen LogP contribution in [0.3, 0.4) is 0 Å². The summed E-state index contributed by atoms with van der Waals surface area (Å²) in [6, 6.07) is 3.99. The van der Waals surface area contributed by atoms with Gasteiger partial charge in [0.05, 0.1) is 6.42 Å². The van der Waals surface area contributed by atoms with Crippen molar-refractivity contribution >= 4 is 11.3 Å². The largest absolute Gasteiger partial charge is 0.384 e. The zero-order valence-corrected chi connectivity index (χ0v) is 10.7. The van der Waals surface area contributed by atoms with E-state index in [0.717, 1.165) is 4.88 Å². The Kier molecular flexibility index (Phi) is 3.31. The highest BCUT2D eigenvalue weighted by Crippen LogP contribution is 2.30. The Morgan fingerprint density at radius 2 is 2.35 bits per heavy atom. The molecule has 0 aromatic carbocycles. The SMILES string of the molecule is [CH2]C(C)(C)[C@@H](O)c1noc(Cc2cccs2)n1. The van der Waals surface area contributed by atoms with E-state index in [1.165, 1.54) is 0 Å².